The molecule has 0 unspecified atom stereocenters. The number of benzene rings is 2. The van der Waals surface area contributed by atoms with Crippen molar-refractivity contribution in [2.24, 2.45) is 0 Å². The van der Waals surface area contributed by atoms with Crippen LogP contribution in [-0.4, -0.2) is 28.0 Å². The minimum absolute atomic E-state index is 0.263. The fraction of sp³-hybridized carbons (Fsp3) is 0.318. The third-order valence-electron chi connectivity index (χ3n) is 4.89. The number of hydrogen-bond donors (Lipinski definition) is 1. The van der Waals surface area contributed by atoms with Crippen molar-refractivity contribution in [3.8, 4) is 11.8 Å². The Kier molecular flexibility index (Phi) is 5.12. The fourth-order valence-electron chi connectivity index (χ4n) is 3.33. The van der Waals surface area contributed by atoms with Crippen LogP contribution in [0.4, 0.5) is 0 Å². The van der Waals surface area contributed by atoms with E-state index in [4.69, 9.17) is 9.15 Å². The van der Waals surface area contributed by atoms with Gasteiger partial charge in [0.2, 0.25) is 0 Å². The molecule has 0 saturated heterocycles. The Bertz CT molecular complexity index is 1000. The van der Waals surface area contributed by atoms with E-state index < -0.39 is 0 Å². The molecule has 0 aliphatic carbocycles. The zero-order chi connectivity index (χ0) is 18.6. The summed E-state index contributed by atoms with van der Waals surface area (Å²) in [7, 11) is 0. The predicted octanol–water partition coefficient (Wildman–Crippen LogP) is 5.72. The number of oxazole rings is 1. The van der Waals surface area contributed by atoms with Gasteiger partial charge in [-0.2, -0.15) is 4.98 Å². The second-order valence-electron chi connectivity index (χ2n) is 6.79. The summed E-state index contributed by atoms with van der Waals surface area (Å²) in [6.45, 7) is 7.61. The van der Waals surface area contributed by atoms with Crippen LogP contribution in [0.3, 0.4) is 0 Å². The molecule has 0 aliphatic heterocycles. The SMILES string of the molecule is CCCCN(CC)Cc1c[nH]c2cc(Oc3nc4ccccc4o3)ccc12. The largest absolute Gasteiger partial charge is 0.411 e. The molecule has 5 heteroatoms. The van der Waals surface area contributed by atoms with Crippen molar-refractivity contribution >= 4 is 22.0 Å². The van der Waals surface area contributed by atoms with Gasteiger partial charge in [0.15, 0.2) is 5.58 Å². The molecule has 5 nitrogen and oxygen atoms in total. The number of para-hydroxylation sites is 2. The number of aromatic amines is 1. The Balaban J connectivity index is 1.52. The standard InChI is InChI=1S/C22H25N3O2/c1-3-5-12-25(4-2)15-16-14-23-20-13-17(10-11-18(16)20)26-22-24-19-8-6-7-9-21(19)27-22/h6-11,13-14,23H,3-5,12,15H2,1-2H3. The topological polar surface area (TPSA) is 54.3 Å². The molecular formula is C22H25N3O2. The fourth-order valence-corrected chi connectivity index (χ4v) is 3.33. The van der Waals surface area contributed by atoms with E-state index in [9.17, 15) is 0 Å². The number of rotatable bonds is 8. The van der Waals surface area contributed by atoms with Gasteiger partial charge in [0.05, 0.1) is 0 Å². The summed E-state index contributed by atoms with van der Waals surface area (Å²) >= 11 is 0. The van der Waals surface area contributed by atoms with Crippen LogP contribution in [0, 0.1) is 0 Å². The van der Waals surface area contributed by atoms with Crippen LogP contribution in [0.25, 0.3) is 22.0 Å². The van der Waals surface area contributed by atoms with Crippen LogP contribution in [0.1, 0.15) is 32.3 Å². The quantitative estimate of drug-likeness (QED) is 0.435. The minimum atomic E-state index is 0.263. The summed E-state index contributed by atoms with van der Waals surface area (Å²) in [4.78, 5) is 10.2. The molecule has 0 radical (unpaired) electrons. The molecule has 0 bridgehead atoms. The number of nitrogens with zero attached hydrogens (tertiary/aromatic N) is 2. The van der Waals surface area contributed by atoms with E-state index in [1.807, 2.05) is 36.4 Å². The maximum Gasteiger partial charge on any atom is 0.400 e. The maximum absolute atomic E-state index is 5.83. The van der Waals surface area contributed by atoms with E-state index >= 15 is 0 Å². The number of unbranched alkanes of at least 4 members (excludes halogenated alkanes) is 1. The number of fused-ring (bicyclic) bond motifs is 2. The Morgan fingerprint density at radius 3 is 2.85 bits per heavy atom. The van der Waals surface area contributed by atoms with Crippen molar-refractivity contribution in [1.82, 2.24) is 14.9 Å². The summed E-state index contributed by atoms with van der Waals surface area (Å²) < 4.78 is 11.5. The van der Waals surface area contributed by atoms with E-state index in [0.717, 1.165) is 36.3 Å². The van der Waals surface area contributed by atoms with Gasteiger partial charge in [-0.1, -0.05) is 32.4 Å². The summed E-state index contributed by atoms with van der Waals surface area (Å²) in [6, 6.07) is 13.7. The van der Waals surface area contributed by atoms with Gasteiger partial charge in [-0.25, -0.2) is 0 Å². The lowest BCUT2D eigenvalue weighted by Gasteiger charge is -2.19. The van der Waals surface area contributed by atoms with Crippen LogP contribution in [0.2, 0.25) is 0 Å². The van der Waals surface area contributed by atoms with Gasteiger partial charge in [0, 0.05) is 29.7 Å². The van der Waals surface area contributed by atoms with Gasteiger partial charge in [-0.05, 0) is 49.3 Å². The molecule has 0 atom stereocenters. The van der Waals surface area contributed by atoms with Gasteiger partial charge >= 0.3 is 6.08 Å². The van der Waals surface area contributed by atoms with Gasteiger partial charge in [-0.3, -0.25) is 4.90 Å². The monoisotopic (exact) mass is 363 g/mol. The number of H-pyrrole nitrogens is 1. The lowest BCUT2D eigenvalue weighted by atomic mass is 10.1. The van der Waals surface area contributed by atoms with Crippen molar-refractivity contribution < 1.29 is 9.15 Å². The molecule has 0 spiro atoms. The minimum Gasteiger partial charge on any atom is -0.411 e. The first-order valence-electron chi connectivity index (χ1n) is 9.62. The molecule has 0 aliphatic rings. The molecule has 27 heavy (non-hydrogen) atoms. The van der Waals surface area contributed by atoms with E-state index in [2.05, 4.69) is 41.0 Å². The van der Waals surface area contributed by atoms with Crippen molar-refractivity contribution in [1.29, 1.82) is 0 Å². The van der Waals surface area contributed by atoms with E-state index in [-0.39, 0.29) is 6.08 Å². The zero-order valence-electron chi connectivity index (χ0n) is 15.9. The molecule has 0 amide bonds. The lowest BCUT2D eigenvalue weighted by Crippen LogP contribution is -2.23. The molecule has 2 heterocycles. The van der Waals surface area contributed by atoms with Crippen LogP contribution in [0.5, 0.6) is 11.8 Å². The second kappa shape index (κ2) is 7.84. The number of ether oxygens (including phenoxy) is 1. The van der Waals surface area contributed by atoms with Crippen molar-refractivity contribution in [3.05, 3.63) is 54.2 Å². The van der Waals surface area contributed by atoms with Gasteiger partial charge in [0.25, 0.3) is 0 Å². The zero-order valence-corrected chi connectivity index (χ0v) is 15.9. The summed E-state index contributed by atoms with van der Waals surface area (Å²) in [5.41, 5.74) is 3.89. The first kappa shape index (κ1) is 17.6. The normalized spacial score (nSPS) is 11.7. The van der Waals surface area contributed by atoms with Gasteiger partial charge in [-0.15, -0.1) is 0 Å². The summed E-state index contributed by atoms with van der Waals surface area (Å²) in [6.07, 6.45) is 4.82. The smallest absolute Gasteiger partial charge is 0.400 e. The van der Waals surface area contributed by atoms with Crippen molar-refractivity contribution in [3.63, 3.8) is 0 Å². The Hall–Kier alpha value is -2.79. The average molecular weight is 363 g/mol. The Labute approximate surface area is 159 Å². The third-order valence-corrected chi connectivity index (χ3v) is 4.89. The molecule has 4 rings (SSSR count). The van der Waals surface area contributed by atoms with E-state index in [1.54, 1.807) is 0 Å². The molecule has 140 valence electrons. The van der Waals surface area contributed by atoms with Crippen molar-refractivity contribution in [2.75, 3.05) is 13.1 Å². The molecule has 0 fully saturated rings. The molecular weight excluding hydrogens is 338 g/mol. The number of aromatic nitrogens is 2. The van der Waals surface area contributed by atoms with Gasteiger partial charge < -0.3 is 14.1 Å². The van der Waals surface area contributed by atoms with Crippen LogP contribution in [-0.2, 0) is 6.54 Å². The van der Waals surface area contributed by atoms with E-state index in [0.29, 0.717) is 5.75 Å². The summed E-state index contributed by atoms with van der Waals surface area (Å²) in [5, 5.41) is 1.23. The highest BCUT2D eigenvalue weighted by atomic mass is 16.6. The average Bonchev–Trinajstić information content (AvgIpc) is 3.28. The number of hydrogen-bond acceptors (Lipinski definition) is 4. The Morgan fingerprint density at radius 1 is 1.15 bits per heavy atom. The van der Waals surface area contributed by atoms with Crippen molar-refractivity contribution in [2.45, 2.75) is 33.2 Å². The number of nitrogens with one attached hydrogen (secondary N) is 1. The van der Waals surface area contributed by atoms with E-state index in [1.165, 1.54) is 23.8 Å². The van der Waals surface area contributed by atoms with Gasteiger partial charge in [0.1, 0.15) is 11.3 Å². The lowest BCUT2D eigenvalue weighted by molar-refractivity contribution is 0.276. The van der Waals surface area contributed by atoms with Crippen LogP contribution >= 0.6 is 0 Å². The van der Waals surface area contributed by atoms with Crippen LogP contribution in [0.15, 0.2) is 53.1 Å². The molecule has 2 aromatic carbocycles. The highest BCUT2D eigenvalue weighted by Crippen LogP contribution is 2.29. The molecule has 4 aromatic rings. The highest BCUT2D eigenvalue weighted by molar-refractivity contribution is 5.84. The molecule has 1 N–H and O–H groups in total. The first-order chi connectivity index (χ1) is 13.3. The Morgan fingerprint density at radius 2 is 2.04 bits per heavy atom. The highest BCUT2D eigenvalue weighted by Gasteiger charge is 2.11. The van der Waals surface area contributed by atoms with Crippen LogP contribution < -0.4 is 4.74 Å². The molecule has 0 saturated carbocycles. The third kappa shape index (κ3) is 3.83. The predicted molar refractivity (Wildman–Crippen MR) is 108 cm³/mol. The first-order valence-corrected chi connectivity index (χ1v) is 9.62. The summed E-state index contributed by atoms with van der Waals surface area (Å²) in [5.74, 6) is 0.709. The second-order valence-corrected chi connectivity index (χ2v) is 6.79. The molecule has 2 aromatic heterocycles. The maximum atomic E-state index is 5.83.